The molecule has 3 aliphatic rings. The fourth-order valence-corrected chi connectivity index (χ4v) is 4.63. The molecule has 1 saturated heterocycles. The third kappa shape index (κ3) is 3.14. The van der Waals surface area contributed by atoms with E-state index in [0.29, 0.717) is 18.9 Å². The number of halogens is 1. The third-order valence-corrected chi connectivity index (χ3v) is 5.95. The summed E-state index contributed by atoms with van der Waals surface area (Å²) in [7, 11) is 0. The van der Waals surface area contributed by atoms with Crippen LogP contribution in [0.2, 0.25) is 0 Å². The van der Waals surface area contributed by atoms with Gasteiger partial charge < -0.3 is 10.6 Å². The Morgan fingerprint density at radius 1 is 1.05 bits per heavy atom. The molecule has 4 heteroatoms. The summed E-state index contributed by atoms with van der Waals surface area (Å²) >= 11 is 0. The largest absolute Gasteiger partial charge is 0.342 e. The van der Waals surface area contributed by atoms with Crippen LogP contribution >= 0.6 is 12.4 Å². The lowest BCUT2D eigenvalue weighted by Gasteiger charge is -2.36. The number of nitrogens with two attached hydrogens (primary N) is 1. The van der Waals surface area contributed by atoms with Gasteiger partial charge in [-0.3, -0.25) is 4.79 Å². The number of hydrogen-bond donors (Lipinski definition) is 1. The molecule has 2 saturated carbocycles. The highest BCUT2D eigenvalue weighted by Crippen LogP contribution is 2.41. The van der Waals surface area contributed by atoms with Gasteiger partial charge >= 0.3 is 0 Å². The van der Waals surface area contributed by atoms with Gasteiger partial charge in [0.15, 0.2) is 0 Å². The van der Waals surface area contributed by atoms with Crippen molar-refractivity contribution in [1.29, 1.82) is 0 Å². The Kier molecular flexibility index (Phi) is 5.36. The first-order chi connectivity index (χ1) is 9.22. The molecule has 0 aromatic carbocycles. The minimum atomic E-state index is 0. The number of likely N-dealkylation sites (tertiary alicyclic amines) is 1. The molecule has 3 rings (SSSR count). The smallest absolute Gasteiger partial charge is 0.223 e. The van der Waals surface area contributed by atoms with Crippen LogP contribution in [-0.2, 0) is 4.79 Å². The van der Waals surface area contributed by atoms with E-state index in [4.69, 9.17) is 5.73 Å². The van der Waals surface area contributed by atoms with Gasteiger partial charge in [0.05, 0.1) is 0 Å². The van der Waals surface area contributed by atoms with E-state index in [0.717, 1.165) is 37.8 Å². The second kappa shape index (κ2) is 6.65. The van der Waals surface area contributed by atoms with E-state index < -0.39 is 0 Å². The van der Waals surface area contributed by atoms with Crippen LogP contribution in [-0.4, -0.2) is 30.4 Å². The minimum Gasteiger partial charge on any atom is -0.342 e. The highest BCUT2D eigenvalue weighted by Gasteiger charge is 2.40. The number of fused-ring (bicyclic) bond motifs is 1. The van der Waals surface area contributed by atoms with Crippen LogP contribution < -0.4 is 5.73 Å². The molecule has 3 fully saturated rings. The van der Waals surface area contributed by atoms with Crippen molar-refractivity contribution >= 4 is 18.3 Å². The molecule has 2 aliphatic carbocycles. The van der Waals surface area contributed by atoms with Gasteiger partial charge in [-0.05, 0) is 49.5 Å². The lowest BCUT2D eigenvalue weighted by Crippen LogP contribution is -2.40. The maximum absolute atomic E-state index is 12.6. The van der Waals surface area contributed by atoms with E-state index >= 15 is 0 Å². The average molecular weight is 301 g/mol. The number of carbonyl (C=O) groups is 1. The molecule has 2 N–H and O–H groups in total. The molecule has 116 valence electrons. The lowest BCUT2D eigenvalue weighted by atomic mass is 9.71. The molecule has 2 atom stereocenters. The first-order valence-electron chi connectivity index (χ1n) is 8.20. The van der Waals surface area contributed by atoms with Crippen LogP contribution in [0.1, 0.15) is 57.8 Å². The van der Waals surface area contributed by atoms with E-state index in [1.807, 2.05) is 0 Å². The van der Waals surface area contributed by atoms with Crippen LogP contribution in [0, 0.1) is 17.3 Å². The van der Waals surface area contributed by atoms with Gasteiger partial charge in [-0.25, -0.2) is 0 Å². The lowest BCUT2D eigenvalue weighted by molar-refractivity contribution is -0.133. The minimum absolute atomic E-state index is 0. The zero-order valence-electron chi connectivity index (χ0n) is 12.5. The van der Waals surface area contributed by atoms with E-state index in [9.17, 15) is 4.79 Å². The van der Waals surface area contributed by atoms with Gasteiger partial charge in [0.2, 0.25) is 5.91 Å². The highest BCUT2D eigenvalue weighted by atomic mass is 35.5. The van der Waals surface area contributed by atoms with Gasteiger partial charge in [-0.2, -0.15) is 0 Å². The molecule has 3 nitrogen and oxygen atoms in total. The van der Waals surface area contributed by atoms with Gasteiger partial charge in [0.25, 0.3) is 0 Å². The Balaban J connectivity index is 0.00000147. The molecule has 1 amide bonds. The van der Waals surface area contributed by atoms with Crippen molar-refractivity contribution in [1.82, 2.24) is 4.90 Å². The van der Waals surface area contributed by atoms with E-state index in [1.165, 1.54) is 38.5 Å². The standard InChI is InChI=1S/C16H28N2O.ClH/c17-12-16(7-2-1-3-8-16)9-15(19)18-10-13-5-4-6-14(13)11-18;/h13-14H,1-12,17H2;1H. The van der Waals surface area contributed by atoms with Crippen molar-refractivity contribution in [2.45, 2.75) is 57.8 Å². The quantitative estimate of drug-likeness (QED) is 0.871. The SMILES string of the molecule is Cl.NCC1(CC(=O)N2CC3CCCC3C2)CCCCC1. The summed E-state index contributed by atoms with van der Waals surface area (Å²) < 4.78 is 0. The predicted octanol–water partition coefficient (Wildman–Crippen LogP) is 2.97. The maximum Gasteiger partial charge on any atom is 0.223 e. The number of hydrogen-bond acceptors (Lipinski definition) is 2. The van der Waals surface area contributed by atoms with E-state index in [-0.39, 0.29) is 17.8 Å². The fourth-order valence-electron chi connectivity index (χ4n) is 4.63. The third-order valence-electron chi connectivity index (χ3n) is 5.95. The summed E-state index contributed by atoms with van der Waals surface area (Å²) in [5.74, 6) is 2.01. The average Bonchev–Trinajstić information content (AvgIpc) is 3.00. The Morgan fingerprint density at radius 3 is 2.20 bits per heavy atom. The first-order valence-corrected chi connectivity index (χ1v) is 8.20. The zero-order valence-corrected chi connectivity index (χ0v) is 13.3. The monoisotopic (exact) mass is 300 g/mol. The van der Waals surface area contributed by atoms with Crippen LogP contribution in [0.25, 0.3) is 0 Å². The molecule has 1 aliphatic heterocycles. The topological polar surface area (TPSA) is 46.3 Å². The molecular weight excluding hydrogens is 272 g/mol. The molecule has 1 heterocycles. The Morgan fingerprint density at radius 2 is 1.65 bits per heavy atom. The Labute approximate surface area is 129 Å². The van der Waals surface area contributed by atoms with Crippen LogP contribution in [0.15, 0.2) is 0 Å². The summed E-state index contributed by atoms with van der Waals surface area (Å²) in [5, 5.41) is 0. The molecule has 0 spiro atoms. The molecule has 20 heavy (non-hydrogen) atoms. The predicted molar refractivity (Wildman–Crippen MR) is 83.8 cm³/mol. The summed E-state index contributed by atoms with van der Waals surface area (Å²) in [6.07, 6.45) is 10.9. The summed E-state index contributed by atoms with van der Waals surface area (Å²) in [6, 6.07) is 0. The second-order valence-corrected chi connectivity index (χ2v) is 7.19. The Hall–Kier alpha value is -0.280. The molecule has 0 aromatic heterocycles. The van der Waals surface area contributed by atoms with Crippen molar-refractivity contribution in [2.24, 2.45) is 23.0 Å². The van der Waals surface area contributed by atoms with Crippen LogP contribution in [0.3, 0.4) is 0 Å². The van der Waals surface area contributed by atoms with Crippen molar-refractivity contribution in [2.75, 3.05) is 19.6 Å². The number of rotatable bonds is 3. The van der Waals surface area contributed by atoms with Crippen molar-refractivity contribution in [3.8, 4) is 0 Å². The molecule has 0 bridgehead atoms. The van der Waals surface area contributed by atoms with Crippen molar-refractivity contribution < 1.29 is 4.79 Å². The highest BCUT2D eigenvalue weighted by molar-refractivity contribution is 5.85. The summed E-state index contributed by atoms with van der Waals surface area (Å²) in [6.45, 7) is 2.76. The Bertz CT molecular complexity index is 329. The van der Waals surface area contributed by atoms with Crippen LogP contribution in [0.4, 0.5) is 0 Å². The van der Waals surface area contributed by atoms with Crippen LogP contribution in [0.5, 0.6) is 0 Å². The van der Waals surface area contributed by atoms with Gasteiger partial charge in [-0.1, -0.05) is 25.7 Å². The number of carbonyl (C=O) groups excluding carboxylic acids is 1. The normalized spacial score (nSPS) is 31.8. The van der Waals surface area contributed by atoms with E-state index in [1.54, 1.807) is 0 Å². The summed E-state index contributed by atoms with van der Waals surface area (Å²) in [5.41, 5.74) is 6.14. The zero-order chi connectivity index (χ0) is 13.3. The molecule has 0 aromatic rings. The summed E-state index contributed by atoms with van der Waals surface area (Å²) in [4.78, 5) is 14.7. The molecule has 2 unspecified atom stereocenters. The van der Waals surface area contributed by atoms with Crippen molar-refractivity contribution in [3.63, 3.8) is 0 Å². The molecular formula is C16H29ClN2O. The maximum atomic E-state index is 12.6. The number of amides is 1. The fraction of sp³-hybridized carbons (Fsp3) is 0.938. The van der Waals surface area contributed by atoms with E-state index in [2.05, 4.69) is 4.90 Å². The second-order valence-electron chi connectivity index (χ2n) is 7.19. The number of nitrogens with zero attached hydrogens (tertiary/aromatic N) is 1. The first kappa shape index (κ1) is 16.1. The van der Waals surface area contributed by atoms with Gasteiger partial charge in [0, 0.05) is 19.5 Å². The van der Waals surface area contributed by atoms with Gasteiger partial charge in [0.1, 0.15) is 0 Å². The van der Waals surface area contributed by atoms with Gasteiger partial charge in [-0.15, -0.1) is 12.4 Å². The molecule has 0 radical (unpaired) electrons. The van der Waals surface area contributed by atoms with Crippen molar-refractivity contribution in [3.05, 3.63) is 0 Å².